The molecule has 1 atom stereocenters. The van der Waals surface area contributed by atoms with Crippen molar-refractivity contribution in [1.29, 1.82) is 0 Å². The van der Waals surface area contributed by atoms with Crippen molar-refractivity contribution in [3.8, 4) is 0 Å². The average molecular weight is 349 g/mol. The van der Waals surface area contributed by atoms with Gasteiger partial charge in [-0.15, -0.1) is 0 Å². The molecule has 2 aliphatic rings. The molecule has 1 N–H and O–H groups in total. The monoisotopic (exact) mass is 348 g/mol. The quantitative estimate of drug-likeness (QED) is 0.785. The number of aliphatic hydroxyl groups excluding tert-OH is 1. The minimum atomic E-state index is -1.06. The molecule has 21 heavy (non-hydrogen) atoms. The normalized spacial score (nSPS) is 25.6. The van der Waals surface area contributed by atoms with Gasteiger partial charge >= 0.3 is 0 Å². The van der Waals surface area contributed by atoms with Crippen LogP contribution in [0.25, 0.3) is 10.8 Å². The summed E-state index contributed by atoms with van der Waals surface area (Å²) in [7, 11) is 0. The van der Waals surface area contributed by atoms with Gasteiger partial charge in [0, 0.05) is 15.5 Å². The number of aliphatic hydroxyl groups is 1. The molecule has 1 fully saturated rings. The standard InChI is InChI=1S/C17H17BrO3/c1-16(2)8-20-17(21-9-16)12-6-7-13(18)10-4-3-5-11(14(10)12)15(17)19/h3-7,15,19H,8-9H2,1-2H3. The molecule has 0 amide bonds. The van der Waals surface area contributed by atoms with E-state index in [9.17, 15) is 5.11 Å². The Morgan fingerprint density at radius 1 is 1.14 bits per heavy atom. The van der Waals surface area contributed by atoms with Gasteiger partial charge in [0.05, 0.1) is 13.2 Å². The molecule has 4 heteroatoms. The summed E-state index contributed by atoms with van der Waals surface area (Å²) in [6.45, 7) is 5.34. The van der Waals surface area contributed by atoms with Gasteiger partial charge in [-0.1, -0.05) is 54.0 Å². The van der Waals surface area contributed by atoms with Gasteiger partial charge in [-0.05, 0) is 22.4 Å². The smallest absolute Gasteiger partial charge is 0.226 e. The molecule has 0 saturated carbocycles. The van der Waals surface area contributed by atoms with Crippen LogP contribution in [-0.2, 0) is 15.3 Å². The molecule has 1 unspecified atom stereocenters. The highest BCUT2D eigenvalue weighted by molar-refractivity contribution is 9.10. The van der Waals surface area contributed by atoms with Crippen LogP contribution >= 0.6 is 15.9 Å². The van der Waals surface area contributed by atoms with Crippen molar-refractivity contribution in [3.05, 3.63) is 45.9 Å². The Labute approximate surface area is 132 Å². The second-order valence-corrected chi connectivity index (χ2v) is 7.53. The highest BCUT2D eigenvalue weighted by Crippen LogP contribution is 2.54. The number of benzene rings is 2. The largest absolute Gasteiger partial charge is 0.382 e. The zero-order valence-corrected chi connectivity index (χ0v) is 13.6. The number of fused-ring (bicyclic) bond motifs is 1. The number of halogens is 1. The van der Waals surface area contributed by atoms with Gasteiger partial charge in [-0.3, -0.25) is 0 Å². The summed E-state index contributed by atoms with van der Waals surface area (Å²) in [5.41, 5.74) is 1.77. The molecule has 0 aromatic heterocycles. The maximum atomic E-state index is 10.8. The summed E-state index contributed by atoms with van der Waals surface area (Å²) in [5.74, 6) is -1.06. The first-order valence-electron chi connectivity index (χ1n) is 7.12. The van der Waals surface area contributed by atoms with E-state index < -0.39 is 11.9 Å². The lowest BCUT2D eigenvalue weighted by molar-refractivity contribution is -0.342. The van der Waals surface area contributed by atoms with Crippen LogP contribution in [0.2, 0.25) is 0 Å². The summed E-state index contributed by atoms with van der Waals surface area (Å²) in [5, 5.41) is 13.0. The SMILES string of the molecule is CC1(C)COC2(OC1)c1ccc(Br)c3cccc(c13)C2O. The van der Waals surface area contributed by atoms with Crippen LogP contribution in [0.4, 0.5) is 0 Å². The van der Waals surface area contributed by atoms with Gasteiger partial charge < -0.3 is 14.6 Å². The lowest BCUT2D eigenvalue weighted by Crippen LogP contribution is -2.47. The first-order chi connectivity index (χ1) is 9.95. The van der Waals surface area contributed by atoms with E-state index in [-0.39, 0.29) is 5.41 Å². The third-order valence-electron chi connectivity index (χ3n) is 4.40. The molecule has 1 saturated heterocycles. The Morgan fingerprint density at radius 2 is 1.86 bits per heavy atom. The van der Waals surface area contributed by atoms with Gasteiger partial charge in [0.25, 0.3) is 0 Å². The summed E-state index contributed by atoms with van der Waals surface area (Å²) in [4.78, 5) is 0. The van der Waals surface area contributed by atoms with Crippen LogP contribution < -0.4 is 0 Å². The molecule has 1 aliphatic carbocycles. The third kappa shape index (κ3) is 1.77. The van der Waals surface area contributed by atoms with E-state index in [1.165, 1.54) is 0 Å². The lowest BCUT2D eigenvalue weighted by atomic mass is 9.93. The summed E-state index contributed by atoms with van der Waals surface area (Å²) in [6, 6.07) is 9.94. The van der Waals surface area contributed by atoms with Crippen LogP contribution in [0.15, 0.2) is 34.8 Å². The van der Waals surface area contributed by atoms with E-state index in [1.807, 2.05) is 30.3 Å². The van der Waals surface area contributed by atoms with Gasteiger partial charge in [0.1, 0.15) is 6.10 Å². The van der Waals surface area contributed by atoms with E-state index in [4.69, 9.17) is 9.47 Å². The zero-order valence-electron chi connectivity index (χ0n) is 12.0. The van der Waals surface area contributed by atoms with Crippen LogP contribution in [-0.4, -0.2) is 18.3 Å². The fraction of sp³-hybridized carbons (Fsp3) is 0.412. The third-order valence-corrected chi connectivity index (χ3v) is 5.10. The van der Waals surface area contributed by atoms with E-state index in [0.717, 1.165) is 26.4 Å². The summed E-state index contributed by atoms with van der Waals surface area (Å²) < 4.78 is 13.2. The van der Waals surface area contributed by atoms with Crippen molar-refractivity contribution in [2.45, 2.75) is 25.7 Å². The van der Waals surface area contributed by atoms with Crippen LogP contribution in [0, 0.1) is 5.41 Å². The highest BCUT2D eigenvalue weighted by atomic mass is 79.9. The van der Waals surface area contributed by atoms with Crippen molar-refractivity contribution in [3.63, 3.8) is 0 Å². The minimum Gasteiger partial charge on any atom is -0.382 e. The Bertz CT molecular complexity index is 728. The number of hydrogen-bond donors (Lipinski definition) is 1. The molecule has 1 aliphatic heterocycles. The molecule has 1 spiro atoms. The van der Waals surface area contributed by atoms with E-state index in [1.54, 1.807) is 0 Å². The lowest BCUT2D eigenvalue weighted by Gasteiger charge is -2.43. The molecule has 1 heterocycles. The predicted octanol–water partition coefficient (Wildman–Crippen LogP) is 3.88. The minimum absolute atomic E-state index is 0.0335. The average Bonchev–Trinajstić information content (AvgIpc) is 2.70. The molecule has 0 bridgehead atoms. The van der Waals surface area contributed by atoms with Crippen molar-refractivity contribution >= 4 is 26.7 Å². The van der Waals surface area contributed by atoms with Gasteiger partial charge in [0.15, 0.2) is 0 Å². The molecule has 110 valence electrons. The molecule has 0 radical (unpaired) electrons. The molecule has 2 aromatic rings. The van der Waals surface area contributed by atoms with Crippen LogP contribution in [0.3, 0.4) is 0 Å². The first kappa shape index (κ1) is 13.7. The highest BCUT2D eigenvalue weighted by Gasteiger charge is 2.53. The molecular weight excluding hydrogens is 332 g/mol. The Balaban J connectivity index is 1.94. The Hall–Kier alpha value is -0.940. The molecule has 3 nitrogen and oxygen atoms in total. The predicted molar refractivity (Wildman–Crippen MR) is 84.0 cm³/mol. The van der Waals surface area contributed by atoms with Crippen molar-refractivity contribution < 1.29 is 14.6 Å². The molecule has 4 rings (SSSR count). The van der Waals surface area contributed by atoms with Crippen molar-refractivity contribution in [2.75, 3.05) is 13.2 Å². The zero-order chi connectivity index (χ0) is 14.8. The number of rotatable bonds is 0. The number of ether oxygens (including phenoxy) is 2. The van der Waals surface area contributed by atoms with E-state index in [2.05, 4.69) is 29.8 Å². The second-order valence-electron chi connectivity index (χ2n) is 6.68. The summed E-state index contributed by atoms with van der Waals surface area (Å²) >= 11 is 3.58. The van der Waals surface area contributed by atoms with Crippen LogP contribution in [0.1, 0.15) is 31.1 Å². The molecule has 2 aromatic carbocycles. The Kier molecular flexibility index (Phi) is 2.80. The maximum absolute atomic E-state index is 10.8. The van der Waals surface area contributed by atoms with Crippen molar-refractivity contribution in [2.24, 2.45) is 5.41 Å². The topological polar surface area (TPSA) is 38.7 Å². The summed E-state index contributed by atoms with van der Waals surface area (Å²) in [6.07, 6.45) is -0.790. The van der Waals surface area contributed by atoms with Gasteiger partial charge in [-0.25, -0.2) is 0 Å². The first-order valence-corrected chi connectivity index (χ1v) is 7.91. The Morgan fingerprint density at radius 3 is 2.57 bits per heavy atom. The van der Waals surface area contributed by atoms with Crippen LogP contribution in [0.5, 0.6) is 0 Å². The van der Waals surface area contributed by atoms with Crippen molar-refractivity contribution in [1.82, 2.24) is 0 Å². The fourth-order valence-electron chi connectivity index (χ4n) is 3.27. The van der Waals surface area contributed by atoms with Gasteiger partial charge in [0.2, 0.25) is 5.79 Å². The second kappa shape index (κ2) is 4.29. The van der Waals surface area contributed by atoms with Gasteiger partial charge in [-0.2, -0.15) is 0 Å². The van der Waals surface area contributed by atoms with E-state index in [0.29, 0.717) is 13.2 Å². The maximum Gasteiger partial charge on any atom is 0.226 e. The molecular formula is C17H17BrO3. The fourth-order valence-corrected chi connectivity index (χ4v) is 3.73. The number of hydrogen-bond acceptors (Lipinski definition) is 3. The van der Waals surface area contributed by atoms with E-state index >= 15 is 0 Å².